The lowest BCUT2D eigenvalue weighted by atomic mass is 10.1. The molecular weight excluding hydrogens is 390 g/mol. The summed E-state index contributed by atoms with van der Waals surface area (Å²) in [7, 11) is -2.53. The number of nitrogen functional groups attached to an aromatic ring is 1. The van der Waals surface area contributed by atoms with Crippen LogP contribution in [0.1, 0.15) is 18.1 Å². The maximum atomic E-state index is 12.3. The molecule has 27 heavy (non-hydrogen) atoms. The number of anilines is 2. The second-order valence-corrected chi connectivity index (χ2v) is 8.31. The molecule has 10 heteroatoms. The van der Waals surface area contributed by atoms with Crippen molar-refractivity contribution in [2.75, 3.05) is 18.1 Å². The Morgan fingerprint density at radius 2 is 1.78 bits per heavy atom. The number of rotatable bonds is 6. The van der Waals surface area contributed by atoms with Crippen molar-refractivity contribution in [3.63, 3.8) is 0 Å². The van der Waals surface area contributed by atoms with Crippen LogP contribution >= 0.6 is 0 Å². The van der Waals surface area contributed by atoms with Gasteiger partial charge in [-0.25, -0.2) is 17.3 Å². The first-order chi connectivity index (χ1) is 12.6. The van der Waals surface area contributed by atoms with Crippen LogP contribution in [0.2, 0.25) is 0 Å². The van der Waals surface area contributed by atoms with Crippen molar-refractivity contribution < 1.29 is 22.0 Å². The minimum absolute atomic E-state index is 0.0467. The predicted molar refractivity (Wildman–Crippen MR) is 106 cm³/mol. The van der Waals surface area contributed by atoms with E-state index in [0.29, 0.717) is 22.5 Å². The van der Waals surface area contributed by atoms with Gasteiger partial charge in [0.25, 0.3) is 0 Å². The van der Waals surface area contributed by atoms with Crippen LogP contribution in [0.3, 0.4) is 0 Å². The lowest BCUT2D eigenvalue weighted by Crippen LogP contribution is -2.20. The third kappa shape index (κ3) is 5.23. The molecule has 0 heterocycles. The molecular formula is C17H19N3O5S2. The Morgan fingerprint density at radius 3 is 2.37 bits per heavy atom. The SMILES string of the molecule is CNS(=O)(=O)c1cc(NC(C)=O)ccc1/C=C/c1ccc(N)cc1S(=O)O. The van der Waals surface area contributed by atoms with E-state index in [1.54, 1.807) is 18.2 Å². The fourth-order valence-electron chi connectivity index (χ4n) is 2.32. The van der Waals surface area contributed by atoms with E-state index in [1.807, 2.05) is 0 Å². The summed E-state index contributed by atoms with van der Waals surface area (Å²) in [6.07, 6.45) is 3.02. The van der Waals surface area contributed by atoms with Crippen LogP contribution in [0.4, 0.5) is 11.4 Å². The normalized spacial score (nSPS) is 12.9. The number of benzene rings is 2. The highest BCUT2D eigenvalue weighted by atomic mass is 32.2. The molecule has 0 aliphatic carbocycles. The minimum atomic E-state index is -3.81. The molecule has 1 unspecified atom stereocenters. The van der Waals surface area contributed by atoms with Gasteiger partial charge >= 0.3 is 0 Å². The number of carbonyl (C=O) groups is 1. The topological polar surface area (TPSA) is 139 Å². The molecule has 0 aliphatic rings. The zero-order chi connectivity index (χ0) is 20.2. The molecule has 8 nitrogen and oxygen atoms in total. The summed E-state index contributed by atoms with van der Waals surface area (Å²) in [4.78, 5) is 11.3. The smallest absolute Gasteiger partial charge is 0.240 e. The van der Waals surface area contributed by atoms with E-state index in [-0.39, 0.29) is 15.7 Å². The van der Waals surface area contributed by atoms with Gasteiger partial charge in [0.1, 0.15) is 0 Å². The third-order valence-electron chi connectivity index (χ3n) is 3.56. The number of sulfonamides is 1. The van der Waals surface area contributed by atoms with Gasteiger partial charge in [-0.2, -0.15) is 0 Å². The van der Waals surface area contributed by atoms with Crippen molar-refractivity contribution in [2.45, 2.75) is 16.7 Å². The summed E-state index contributed by atoms with van der Waals surface area (Å²) in [6.45, 7) is 1.32. The predicted octanol–water partition coefficient (Wildman–Crippen LogP) is 1.89. The molecule has 5 N–H and O–H groups in total. The Bertz CT molecular complexity index is 1030. The first kappa shape index (κ1) is 20.8. The highest BCUT2D eigenvalue weighted by Crippen LogP contribution is 2.24. The summed E-state index contributed by atoms with van der Waals surface area (Å²) in [5.41, 5.74) is 7.06. The van der Waals surface area contributed by atoms with Crippen molar-refractivity contribution in [3.8, 4) is 0 Å². The second-order valence-electron chi connectivity index (χ2n) is 5.52. The lowest BCUT2D eigenvalue weighted by molar-refractivity contribution is -0.114. The second kappa shape index (κ2) is 8.44. The van der Waals surface area contributed by atoms with Crippen molar-refractivity contribution in [3.05, 3.63) is 47.5 Å². The molecule has 0 aliphatic heterocycles. The molecule has 0 aromatic heterocycles. The van der Waals surface area contributed by atoms with Crippen molar-refractivity contribution in [1.29, 1.82) is 0 Å². The molecule has 2 rings (SSSR count). The average molecular weight is 409 g/mol. The summed E-state index contributed by atoms with van der Waals surface area (Å²) < 4.78 is 47.8. The Morgan fingerprint density at radius 1 is 1.15 bits per heavy atom. The number of nitrogens with two attached hydrogens (primary N) is 1. The highest BCUT2D eigenvalue weighted by molar-refractivity contribution is 7.89. The Balaban J connectivity index is 2.54. The Labute approximate surface area is 159 Å². The van der Waals surface area contributed by atoms with Gasteiger partial charge in [0.2, 0.25) is 15.9 Å². The van der Waals surface area contributed by atoms with E-state index < -0.39 is 21.1 Å². The molecule has 144 valence electrons. The van der Waals surface area contributed by atoms with E-state index in [9.17, 15) is 22.0 Å². The average Bonchev–Trinajstić information content (AvgIpc) is 2.60. The molecule has 0 spiro atoms. The van der Waals surface area contributed by atoms with Gasteiger partial charge in [0.15, 0.2) is 11.1 Å². The number of hydrogen-bond donors (Lipinski definition) is 4. The summed E-state index contributed by atoms with van der Waals surface area (Å²) in [6, 6.07) is 8.93. The molecule has 2 aromatic carbocycles. The van der Waals surface area contributed by atoms with Crippen molar-refractivity contribution in [1.82, 2.24) is 4.72 Å². The molecule has 0 fully saturated rings. The Hall–Kier alpha value is -2.53. The number of amides is 1. The first-order valence-corrected chi connectivity index (χ1v) is 10.3. The molecule has 0 saturated heterocycles. The lowest BCUT2D eigenvalue weighted by Gasteiger charge is -2.10. The summed E-state index contributed by atoms with van der Waals surface area (Å²) in [5, 5.41) is 2.53. The van der Waals surface area contributed by atoms with Crippen molar-refractivity contribution >= 4 is 50.5 Å². The summed E-state index contributed by atoms with van der Waals surface area (Å²) >= 11 is -2.25. The van der Waals surface area contributed by atoms with E-state index in [4.69, 9.17) is 5.73 Å². The van der Waals surface area contributed by atoms with Crippen LogP contribution in [0, 0.1) is 0 Å². The molecule has 0 saturated carbocycles. The summed E-state index contributed by atoms with van der Waals surface area (Å²) in [5.74, 6) is -0.331. The van der Waals surface area contributed by atoms with Crippen LogP contribution in [0.5, 0.6) is 0 Å². The standard InChI is InChI=1S/C17H19N3O5S2/c1-11(21)20-15-8-6-13(17(10-15)27(24,25)19-2)4-3-12-5-7-14(18)9-16(12)26(22)23/h3-10,19H,18H2,1-2H3,(H,20,21)(H,22,23)/b4-3+. The maximum Gasteiger partial charge on any atom is 0.240 e. The monoisotopic (exact) mass is 409 g/mol. The maximum absolute atomic E-state index is 12.3. The van der Waals surface area contributed by atoms with Gasteiger partial charge in [-0.3, -0.25) is 4.79 Å². The third-order valence-corrected chi connectivity index (χ3v) is 5.76. The van der Waals surface area contributed by atoms with Crippen LogP contribution in [-0.4, -0.2) is 30.1 Å². The number of nitrogens with one attached hydrogen (secondary N) is 2. The van der Waals surface area contributed by atoms with Crippen LogP contribution in [-0.2, 0) is 25.9 Å². The van der Waals surface area contributed by atoms with E-state index in [1.165, 1.54) is 44.3 Å². The van der Waals surface area contributed by atoms with Gasteiger partial charge in [-0.05, 0) is 42.4 Å². The fourth-order valence-corrected chi connectivity index (χ4v) is 3.84. The molecule has 2 aromatic rings. The van der Waals surface area contributed by atoms with Gasteiger partial charge in [-0.1, -0.05) is 24.3 Å². The van der Waals surface area contributed by atoms with Crippen molar-refractivity contribution in [2.24, 2.45) is 0 Å². The quantitative estimate of drug-likeness (QED) is 0.326. The van der Waals surface area contributed by atoms with E-state index in [2.05, 4.69) is 10.0 Å². The number of carbonyl (C=O) groups excluding carboxylic acids is 1. The fraction of sp³-hybridized carbons (Fsp3) is 0.118. The highest BCUT2D eigenvalue weighted by Gasteiger charge is 2.17. The van der Waals surface area contributed by atoms with Crippen LogP contribution < -0.4 is 15.8 Å². The zero-order valence-electron chi connectivity index (χ0n) is 14.6. The van der Waals surface area contributed by atoms with Gasteiger partial charge < -0.3 is 15.6 Å². The van der Waals surface area contributed by atoms with Gasteiger partial charge in [-0.15, -0.1) is 0 Å². The van der Waals surface area contributed by atoms with E-state index in [0.717, 1.165) is 0 Å². The molecule has 0 radical (unpaired) electrons. The zero-order valence-corrected chi connectivity index (χ0v) is 16.2. The van der Waals surface area contributed by atoms with Crippen LogP contribution in [0.15, 0.2) is 46.2 Å². The molecule has 0 bridgehead atoms. The van der Waals surface area contributed by atoms with Gasteiger partial charge in [0, 0.05) is 18.3 Å². The largest absolute Gasteiger partial charge is 0.399 e. The molecule has 1 amide bonds. The van der Waals surface area contributed by atoms with Gasteiger partial charge in [0.05, 0.1) is 9.79 Å². The van der Waals surface area contributed by atoms with E-state index >= 15 is 0 Å². The van der Waals surface area contributed by atoms with Crippen LogP contribution in [0.25, 0.3) is 12.2 Å². The minimum Gasteiger partial charge on any atom is -0.399 e. The molecule has 1 atom stereocenters. The first-order valence-electron chi connectivity index (χ1n) is 7.67. The Kier molecular flexibility index (Phi) is 6.50. The number of hydrogen-bond acceptors (Lipinski definition) is 5.